The number of amides is 1. The lowest BCUT2D eigenvalue weighted by atomic mass is 9.94. The van der Waals surface area contributed by atoms with Gasteiger partial charge in [0.2, 0.25) is 5.91 Å². The van der Waals surface area contributed by atoms with Crippen molar-refractivity contribution in [1.82, 2.24) is 5.32 Å². The molecular weight excluding hydrogens is 224 g/mol. The van der Waals surface area contributed by atoms with Gasteiger partial charge in [-0.25, -0.2) is 0 Å². The molecule has 0 aromatic heterocycles. The number of carbonyl (C=O) groups excluding carboxylic acids is 1. The van der Waals surface area contributed by atoms with E-state index in [9.17, 15) is 9.90 Å². The Balaban J connectivity index is 1.79. The first kappa shape index (κ1) is 12.8. The maximum absolute atomic E-state index is 11.8. The number of ether oxygens (including phenoxy) is 2. The average Bonchev–Trinajstić information content (AvgIpc) is 2.74. The van der Waals surface area contributed by atoms with Gasteiger partial charge in [0, 0.05) is 38.6 Å². The molecular formula is C11H20N2O4. The van der Waals surface area contributed by atoms with Gasteiger partial charge in [-0.2, -0.15) is 0 Å². The maximum Gasteiger partial charge on any atom is 0.227 e. The Bertz CT molecular complexity index is 279. The normalized spacial score (nSPS) is 32.4. The summed E-state index contributed by atoms with van der Waals surface area (Å²) < 4.78 is 10.3. The third kappa shape index (κ3) is 3.16. The molecule has 4 N–H and O–H groups in total. The second-order valence-corrected chi connectivity index (χ2v) is 4.86. The van der Waals surface area contributed by atoms with E-state index in [0.717, 1.165) is 0 Å². The molecule has 0 aromatic rings. The number of nitrogens with two attached hydrogens (primary N) is 1. The van der Waals surface area contributed by atoms with Crippen molar-refractivity contribution in [1.29, 1.82) is 0 Å². The minimum absolute atomic E-state index is 0.130. The summed E-state index contributed by atoms with van der Waals surface area (Å²) in [4.78, 5) is 11.8. The molecule has 17 heavy (non-hydrogen) atoms. The molecule has 2 aliphatic rings. The Morgan fingerprint density at radius 1 is 1.35 bits per heavy atom. The summed E-state index contributed by atoms with van der Waals surface area (Å²) in [7, 11) is 0. The highest BCUT2D eigenvalue weighted by Crippen LogP contribution is 2.20. The minimum atomic E-state index is -0.836. The first-order valence-corrected chi connectivity index (χ1v) is 6.02. The summed E-state index contributed by atoms with van der Waals surface area (Å²) in [6.45, 7) is 2.14. The van der Waals surface area contributed by atoms with Crippen LogP contribution in [-0.4, -0.2) is 55.6 Å². The van der Waals surface area contributed by atoms with Crippen LogP contribution in [0.5, 0.6) is 0 Å². The highest BCUT2D eigenvalue weighted by Gasteiger charge is 2.34. The lowest BCUT2D eigenvalue weighted by Crippen LogP contribution is -2.49. The number of hydrogen-bond acceptors (Lipinski definition) is 5. The lowest BCUT2D eigenvalue weighted by Gasteiger charge is -2.32. The van der Waals surface area contributed by atoms with E-state index < -0.39 is 5.60 Å². The van der Waals surface area contributed by atoms with Crippen molar-refractivity contribution >= 4 is 5.91 Å². The van der Waals surface area contributed by atoms with Gasteiger partial charge in [-0.3, -0.25) is 4.79 Å². The van der Waals surface area contributed by atoms with Crippen molar-refractivity contribution in [2.75, 3.05) is 33.0 Å². The van der Waals surface area contributed by atoms with Crippen LogP contribution in [0, 0.1) is 5.92 Å². The molecule has 0 aromatic carbocycles. The zero-order chi connectivity index (χ0) is 12.3. The van der Waals surface area contributed by atoms with Gasteiger partial charge in [0.15, 0.2) is 0 Å². The van der Waals surface area contributed by atoms with Gasteiger partial charge in [0.05, 0.1) is 24.7 Å². The average molecular weight is 244 g/mol. The third-order valence-corrected chi connectivity index (χ3v) is 3.48. The Kier molecular flexibility index (Phi) is 3.98. The zero-order valence-electron chi connectivity index (χ0n) is 9.85. The molecule has 6 nitrogen and oxygen atoms in total. The molecule has 98 valence electrons. The Hall–Kier alpha value is -0.690. The molecule has 6 heteroatoms. The quantitative estimate of drug-likeness (QED) is 0.569. The van der Waals surface area contributed by atoms with Crippen molar-refractivity contribution in [2.45, 2.75) is 24.5 Å². The first-order chi connectivity index (χ1) is 8.11. The van der Waals surface area contributed by atoms with E-state index in [2.05, 4.69) is 5.32 Å². The molecule has 0 bridgehead atoms. The molecule has 1 amide bonds. The van der Waals surface area contributed by atoms with E-state index in [0.29, 0.717) is 39.3 Å². The van der Waals surface area contributed by atoms with E-state index in [1.165, 1.54) is 0 Å². The predicted molar refractivity (Wildman–Crippen MR) is 60.3 cm³/mol. The van der Waals surface area contributed by atoms with Crippen LogP contribution >= 0.6 is 0 Å². The molecule has 0 aliphatic carbocycles. The Labute approximate surface area is 100 Å². The number of rotatable bonds is 3. The summed E-state index contributed by atoms with van der Waals surface area (Å²) >= 11 is 0. The standard InChI is InChI=1S/C11H20N2O4/c12-9-6-17-5-8(9)10(14)13-7-11(15)1-3-16-4-2-11/h8-9,15H,1-7,12H2,(H,13,14). The SMILES string of the molecule is NC1COCC1C(=O)NCC1(O)CCOCC1. The van der Waals surface area contributed by atoms with Crippen LogP contribution in [-0.2, 0) is 14.3 Å². The Morgan fingerprint density at radius 3 is 2.65 bits per heavy atom. The molecule has 2 atom stereocenters. The maximum atomic E-state index is 11.8. The van der Waals surface area contributed by atoms with Crippen LogP contribution in [0.2, 0.25) is 0 Å². The summed E-state index contributed by atoms with van der Waals surface area (Å²) in [5, 5.41) is 12.9. The van der Waals surface area contributed by atoms with Gasteiger partial charge in [0.1, 0.15) is 0 Å². The molecule has 2 unspecified atom stereocenters. The van der Waals surface area contributed by atoms with E-state index in [1.54, 1.807) is 0 Å². The molecule has 2 aliphatic heterocycles. The first-order valence-electron chi connectivity index (χ1n) is 6.02. The molecule has 2 rings (SSSR count). The van der Waals surface area contributed by atoms with Crippen LogP contribution in [0.3, 0.4) is 0 Å². The minimum Gasteiger partial charge on any atom is -0.388 e. The fraction of sp³-hybridized carbons (Fsp3) is 0.909. The molecule has 2 saturated heterocycles. The molecule has 2 fully saturated rings. The van der Waals surface area contributed by atoms with E-state index in [-0.39, 0.29) is 24.4 Å². The van der Waals surface area contributed by atoms with Crippen LogP contribution in [0.1, 0.15) is 12.8 Å². The van der Waals surface area contributed by atoms with Gasteiger partial charge < -0.3 is 25.6 Å². The largest absolute Gasteiger partial charge is 0.388 e. The zero-order valence-corrected chi connectivity index (χ0v) is 9.85. The fourth-order valence-electron chi connectivity index (χ4n) is 2.15. The van der Waals surface area contributed by atoms with Gasteiger partial charge in [0.25, 0.3) is 0 Å². The number of carbonyl (C=O) groups is 1. The highest BCUT2D eigenvalue weighted by molar-refractivity contribution is 5.79. The van der Waals surface area contributed by atoms with E-state index in [4.69, 9.17) is 15.2 Å². The van der Waals surface area contributed by atoms with Crippen molar-refractivity contribution in [2.24, 2.45) is 11.7 Å². The lowest BCUT2D eigenvalue weighted by molar-refractivity contribution is -0.128. The topological polar surface area (TPSA) is 93.8 Å². The number of hydrogen-bond donors (Lipinski definition) is 3. The van der Waals surface area contributed by atoms with Gasteiger partial charge in [-0.05, 0) is 0 Å². The monoisotopic (exact) mass is 244 g/mol. The van der Waals surface area contributed by atoms with E-state index in [1.807, 2.05) is 0 Å². The summed E-state index contributed by atoms with van der Waals surface area (Å²) in [6.07, 6.45) is 1.11. The Morgan fingerprint density at radius 2 is 2.06 bits per heavy atom. The third-order valence-electron chi connectivity index (χ3n) is 3.48. The van der Waals surface area contributed by atoms with Crippen molar-refractivity contribution in [3.05, 3.63) is 0 Å². The highest BCUT2D eigenvalue weighted by atomic mass is 16.5. The molecule has 2 heterocycles. The number of aliphatic hydroxyl groups is 1. The van der Waals surface area contributed by atoms with Crippen LogP contribution < -0.4 is 11.1 Å². The molecule has 0 spiro atoms. The summed E-state index contributed by atoms with van der Waals surface area (Å²) in [5.74, 6) is -0.423. The van der Waals surface area contributed by atoms with E-state index >= 15 is 0 Å². The van der Waals surface area contributed by atoms with Crippen LogP contribution in [0.15, 0.2) is 0 Å². The summed E-state index contributed by atoms with van der Waals surface area (Å²) in [6, 6.07) is -0.237. The smallest absolute Gasteiger partial charge is 0.227 e. The van der Waals surface area contributed by atoms with Crippen molar-refractivity contribution in [3.8, 4) is 0 Å². The molecule has 0 radical (unpaired) electrons. The van der Waals surface area contributed by atoms with Gasteiger partial charge in [-0.15, -0.1) is 0 Å². The van der Waals surface area contributed by atoms with Crippen LogP contribution in [0.25, 0.3) is 0 Å². The predicted octanol–water partition coefficient (Wildman–Crippen LogP) is -1.38. The molecule has 0 saturated carbocycles. The van der Waals surface area contributed by atoms with Crippen molar-refractivity contribution in [3.63, 3.8) is 0 Å². The van der Waals surface area contributed by atoms with Crippen LogP contribution in [0.4, 0.5) is 0 Å². The second kappa shape index (κ2) is 5.30. The fourth-order valence-corrected chi connectivity index (χ4v) is 2.15. The second-order valence-electron chi connectivity index (χ2n) is 4.86. The van der Waals surface area contributed by atoms with Gasteiger partial charge >= 0.3 is 0 Å². The number of nitrogens with one attached hydrogen (secondary N) is 1. The van der Waals surface area contributed by atoms with Gasteiger partial charge in [-0.1, -0.05) is 0 Å². The summed E-state index contributed by atoms with van der Waals surface area (Å²) in [5.41, 5.74) is 4.92. The van der Waals surface area contributed by atoms with Crippen molar-refractivity contribution < 1.29 is 19.4 Å².